The largest absolute Gasteiger partial charge is 0.463 e. The molecule has 1 saturated heterocycles. The van der Waals surface area contributed by atoms with Crippen LogP contribution >= 0.6 is 11.6 Å². The van der Waals surface area contributed by atoms with E-state index in [0.29, 0.717) is 0 Å². The first-order valence-electron chi connectivity index (χ1n) is 9.61. The maximum absolute atomic E-state index is 11.8. The van der Waals surface area contributed by atoms with Gasteiger partial charge in [0.25, 0.3) is 0 Å². The van der Waals surface area contributed by atoms with Gasteiger partial charge in [-0.25, -0.2) is 15.3 Å². The Kier molecular flexibility index (Phi) is 7.15. The van der Waals surface area contributed by atoms with E-state index in [2.05, 4.69) is 20.4 Å². The highest BCUT2D eigenvalue weighted by Gasteiger charge is 2.45. The minimum absolute atomic E-state index is 0.0619. The minimum Gasteiger partial charge on any atom is -0.463 e. The average Bonchev–Trinajstić information content (AvgIpc) is 3.20. The lowest BCUT2D eigenvalue weighted by atomic mass is 10.1. The Balaban J connectivity index is 1.76. The third-order valence-corrected chi connectivity index (χ3v) is 4.40. The molecule has 3 N–H and O–H groups in total. The topological polar surface area (TPSA) is 167 Å². The zero-order valence-corrected chi connectivity index (χ0v) is 18.6. The molecule has 0 saturated carbocycles. The zero-order chi connectivity index (χ0) is 23.6. The van der Waals surface area contributed by atoms with E-state index < -0.39 is 48.7 Å². The Labute approximate surface area is 187 Å². The first-order chi connectivity index (χ1) is 15.0. The highest BCUT2D eigenvalue weighted by molar-refractivity contribution is 6.28. The summed E-state index contributed by atoms with van der Waals surface area (Å²) in [6, 6.07) is 0. The lowest BCUT2D eigenvalue weighted by Gasteiger charge is -2.19. The van der Waals surface area contributed by atoms with Crippen LogP contribution in [-0.2, 0) is 28.6 Å². The van der Waals surface area contributed by atoms with Gasteiger partial charge in [-0.05, 0) is 32.4 Å². The number of aromatic nitrogens is 4. The summed E-state index contributed by atoms with van der Waals surface area (Å²) < 4.78 is 17.0. The molecule has 32 heavy (non-hydrogen) atoms. The monoisotopic (exact) mass is 473 g/mol. The van der Waals surface area contributed by atoms with Crippen molar-refractivity contribution in [3.63, 3.8) is 0 Å². The number of carbonyl (C=O) groups is 2. The maximum atomic E-state index is 11.8. The van der Waals surface area contributed by atoms with Crippen molar-refractivity contribution < 1.29 is 38.9 Å². The van der Waals surface area contributed by atoms with Crippen molar-refractivity contribution >= 4 is 40.5 Å². The third kappa shape index (κ3) is 5.61. The predicted octanol–water partition coefficient (Wildman–Crippen LogP) is 0.347. The van der Waals surface area contributed by atoms with Gasteiger partial charge in [-0.15, -0.1) is 0 Å². The fraction of sp³-hybridized carbons (Fsp3) is 0.611. The van der Waals surface area contributed by atoms with Crippen molar-refractivity contribution in [2.75, 3.05) is 18.7 Å². The normalized spacial score (nSPS) is 23.3. The number of ether oxygens (including phenoxy) is 3. The van der Waals surface area contributed by atoms with Crippen LogP contribution in [0.1, 0.15) is 33.9 Å². The Morgan fingerprint density at radius 3 is 2.66 bits per heavy atom. The standard InChI is InChI=1S/C18H24ClN5O8/c1-8(25)29-5-9-12(27)13(28)16(31-9)24-7-20-11-14(21-17(19)22-15(11)24)23-30-6-10(26)32-18(2,3)4/h7,9,12-13,16,27-28H,5-6H2,1-4H3,(H,21,22,23)/t9-,12-,13-,16-/m1/s1. The average molecular weight is 474 g/mol. The molecule has 1 fully saturated rings. The molecule has 13 nitrogen and oxygen atoms in total. The number of imidazole rings is 1. The number of aliphatic hydroxyl groups excluding tert-OH is 2. The molecule has 0 aromatic carbocycles. The highest BCUT2D eigenvalue weighted by atomic mass is 35.5. The molecule has 4 atom stereocenters. The molecular formula is C18H24ClN5O8. The number of aliphatic hydroxyl groups is 2. The van der Waals surface area contributed by atoms with Crippen LogP contribution in [0, 0.1) is 0 Å². The molecule has 0 amide bonds. The number of hydrogen-bond donors (Lipinski definition) is 3. The third-order valence-electron chi connectivity index (χ3n) is 4.24. The molecule has 0 radical (unpaired) electrons. The number of nitrogens with one attached hydrogen (secondary N) is 1. The van der Waals surface area contributed by atoms with Crippen LogP contribution in [0.3, 0.4) is 0 Å². The number of fused-ring (bicyclic) bond motifs is 1. The van der Waals surface area contributed by atoms with Crippen molar-refractivity contribution in [2.45, 2.75) is 57.8 Å². The van der Waals surface area contributed by atoms with Crippen LogP contribution in [0.25, 0.3) is 11.2 Å². The number of halogens is 1. The summed E-state index contributed by atoms with van der Waals surface area (Å²) >= 11 is 6.01. The molecule has 0 spiro atoms. The fourth-order valence-electron chi connectivity index (χ4n) is 2.98. The second-order valence-corrected chi connectivity index (χ2v) is 8.33. The van der Waals surface area contributed by atoms with Gasteiger partial charge in [-0.1, -0.05) is 0 Å². The Morgan fingerprint density at radius 2 is 2.00 bits per heavy atom. The van der Waals surface area contributed by atoms with Gasteiger partial charge in [-0.2, -0.15) is 9.97 Å². The molecule has 1 aliphatic rings. The number of anilines is 1. The van der Waals surface area contributed by atoms with Gasteiger partial charge in [0, 0.05) is 6.92 Å². The summed E-state index contributed by atoms with van der Waals surface area (Å²) in [5.74, 6) is -1.08. The SMILES string of the molecule is CC(=O)OC[C@H]1O[C@@H](n2cnc3c(NOCC(=O)OC(C)(C)C)nc(Cl)nc32)[C@H](O)[C@@H]1O. The number of carbonyl (C=O) groups excluding carboxylic acids is 2. The maximum Gasteiger partial charge on any atom is 0.335 e. The van der Waals surface area contributed by atoms with Crippen molar-refractivity contribution in [1.29, 1.82) is 0 Å². The van der Waals surface area contributed by atoms with Crippen LogP contribution in [-0.4, -0.2) is 78.8 Å². The van der Waals surface area contributed by atoms with Gasteiger partial charge in [-0.3, -0.25) is 14.2 Å². The lowest BCUT2D eigenvalue weighted by molar-refractivity contribution is -0.159. The second kappa shape index (κ2) is 9.50. The second-order valence-electron chi connectivity index (χ2n) is 7.99. The fourth-order valence-corrected chi connectivity index (χ4v) is 3.14. The molecule has 0 bridgehead atoms. The van der Waals surface area contributed by atoms with Crippen LogP contribution in [0.5, 0.6) is 0 Å². The number of hydrogen-bond acceptors (Lipinski definition) is 12. The van der Waals surface area contributed by atoms with Crippen LogP contribution in [0.4, 0.5) is 5.82 Å². The summed E-state index contributed by atoms with van der Waals surface area (Å²) in [5.41, 5.74) is 2.19. The molecule has 1 aliphatic heterocycles. The van der Waals surface area contributed by atoms with E-state index in [4.69, 9.17) is 30.6 Å². The Bertz CT molecular complexity index is 994. The van der Waals surface area contributed by atoms with Crippen molar-refractivity contribution in [1.82, 2.24) is 19.5 Å². The van der Waals surface area contributed by atoms with Crippen LogP contribution in [0.15, 0.2) is 6.33 Å². The number of rotatable bonds is 7. The minimum atomic E-state index is -1.36. The summed E-state index contributed by atoms with van der Waals surface area (Å²) in [4.78, 5) is 40.2. The Hall–Kier alpha value is -2.58. The highest BCUT2D eigenvalue weighted by Crippen LogP contribution is 2.33. The molecule has 14 heteroatoms. The van der Waals surface area contributed by atoms with Crippen LogP contribution in [0.2, 0.25) is 5.28 Å². The molecule has 2 aromatic rings. The van der Waals surface area contributed by atoms with Gasteiger partial charge in [0.15, 0.2) is 29.8 Å². The van der Waals surface area contributed by atoms with Gasteiger partial charge in [0.1, 0.15) is 30.5 Å². The van der Waals surface area contributed by atoms with Gasteiger partial charge >= 0.3 is 11.9 Å². The van der Waals surface area contributed by atoms with E-state index in [9.17, 15) is 19.8 Å². The molecule has 176 valence electrons. The van der Waals surface area contributed by atoms with Crippen LogP contribution < -0.4 is 5.48 Å². The van der Waals surface area contributed by atoms with E-state index in [0.717, 1.165) is 0 Å². The first kappa shape index (κ1) is 24.1. The summed E-state index contributed by atoms with van der Waals surface area (Å²) in [6.07, 6.45) is -3.41. The first-order valence-corrected chi connectivity index (χ1v) is 9.98. The molecule has 0 aliphatic carbocycles. The molecule has 3 rings (SSSR count). The smallest absolute Gasteiger partial charge is 0.335 e. The van der Waals surface area contributed by atoms with Crippen molar-refractivity contribution in [2.24, 2.45) is 0 Å². The number of esters is 2. The number of nitrogens with zero attached hydrogens (tertiary/aromatic N) is 4. The molecule has 3 heterocycles. The van der Waals surface area contributed by atoms with E-state index in [1.54, 1.807) is 20.8 Å². The molecule has 0 unspecified atom stereocenters. The van der Waals surface area contributed by atoms with E-state index in [1.807, 2.05) is 0 Å². The van der Waals surface area contributed by atoms with Gasteiger partial charge in [0.05, 0.1) is 6.33 Å². The van der Waals surface area contributed by atoms with E-state index in [1.165, 1.54) is 17.8 Å². The summed E-state index contributed by atoms with van der Waals surface area (Å²) in [6.45, 7) is 5.76. The lowest BCUT2D eigenvalue weighted by Crippen LogP contribution is -2.34. The van der Waals surface area contributed by atoms with Crippen molar-refractivity contribution in [3.8, 4) is 0 Å². The predicted molar refractivity (Wildman–Crippen MR) is 108 cm³/mol. The van der Waals surface area contributed by atoms with Gasteiger partial charge in [0.2, 0.25) is 5.28 Å². The van der Waals surface area contributed by atoms with E-state index in [-0.39, 0.29) is 28.9 Å². The van der Waals surface area contributed by atoms with E-state index >= 15 is 0 Å². The summed E-state index contributed by atoms with van der Waals surface area (Å²) in [7, 11) is 0. The van der Waals surface area contributed by atoms with Crippen molar-refractivity contribution in [3.05, 3.63) is 11.6 Å². The Morgan fingerprint density at radius 1 is 1.28 bits per heavy atom. The zero-order valence-electron chi connectivity index (χ0n) is 17.8. The quantitative estimate of drug-likeness (QED) is 0.287. The molecular weight excluding hydrogens is 450 g/mol. The summed E-state index contributed by atoms with van der Waals surface area (Å²) in [5, 5.41) is 20.5. The molecule has 2 aromatic heterocycles. The van der Waals surface area contributed by atoms with Gasteiger partial charge < -0.3 is 24.4 Å².